The molecule has 0 amide bonds. The molecule has 0 spiro atoms. The van der Waals surface area contributed by atoms with E-state index in [1.165, 1.54) is 58.0 Å². The molecule has 12 heteroatoms. The second kappa shape index (κ2) is 9.98. The van der Waals surface area contributed by atoms with Gasteiger partial charge in [0.05, 0.1) is 5.56 Å². The van der Waals surface area contributed by atoms with Crippen LogP contribution in [0.3, 0.4) is 0 Å². The van der Waals surface area contributed by atoms with Crippen LogP contribution in [0.15, 0.2) is 54.6 Å². The predicted molar refractivity (Wildman–Crippen MR) is 151 cm³/mol. The number of fused-ring (bicyclic) bond motifs is 2. The highest BCUT2D eigenvalue weighted by molar-refractivity contribution is 7.19. The normalized spacial score (nSPS) is 18.0. The number of alkyl halides is 6. The summed E-state index contributed by atoms with van der Waals surface area (Å²) in [5.41, 5.74) is -3.61. The largest absolute Gasteiger partial charge is 0.422 e. The van der Waals surface area contributed by atoms with E-state index >= 15 is 26.3 Å². The van der Waals surface area contributed by atoms with E-state index in [0.29, 0.717) is 4.70 Å². The van der Waals surface area contributed by atoms with Crippen LogP contribution in [0.25, 0.3) is 31.3 Å². The first-order valence-corrected chi connectivity index (χ1v) is 14.1. The van der Waals surface area contributed by atoms with Gasteiger partial charge >= 0.3 is 29.7 Å². The van der Waals surface area contributed by atoms with Crippen LogP contribution < -0.4 is 0 Å². The summed E-state index contributed by atoms with van der Waals surface area (Å²) in [6, 6.07) is 9.90. The van der Waals surface area contributed by atoms with Crippen LogP contribution in [-0.4, -0.2) is 36.0 Å². The SMILES string of the molecule is C=C(C)C(=O)OC(C)OC(=O)c1ccc2c(C3=C(c4c(C)sc5ccccc45)C(F)(F)C(F)(F)C3(F)F)c(C)sc2c1. The molecule has 42 heavy (non-hydrogen) atoms. The molecule has 4 aromatic rings. The number of aryl methyl sites for hydroxylation is 2. The molecule has 0 saturated carbocycles. The topological polar surface area (TPSA) is 52.6 Å². The Balaban J connectivity index is 1.69. The van der Waals surface area contributed by atoms with Crippen molar-refractivity contribution >= 4 is 65.9 Å². The molecule has 0 aliphatic heterocycles. The van der Waals surface area contributed by atoms with E-state index in [0.717, 1.165) is 22.7 Å². The number of carbonyl (C=O) groups is 2. The zero-order valence-corrected chi connectivity index (χ0v) is 24.2. The van der Waals surface area contributed by atoms with E-state index in [1.807, 2.05) is 0 Å². The molecule has 0 bridgehead atoms. The van der Waals surface area contributed by atoms with Gasteiger partial charge in [-0.05, 0) is 39.0 Å². The summed E-state index contributed by atoms with van der Waals surface area (Å²) < 4.78 is 103. The molecule has 2 heterocycles. The predicted octanol–water partition coefficient (Wildman–Crippen LogP) is 9.19. The maximum Gasteiger partial charge on any atom is 0.380 e. The minimum absolute atomic E-state index is 0.00586. The number of allylic oxidation sites excluding steroid dienone is 2. The maximum atomic E-state index is 15.6. The van der Waals surface area contributed by atoms with Gasteiger partial charge < -0.3 is 9.47 Å². The third-order valence-corrected chi connectivity index (χ3v) is 9.09. The van der Waals surface area contributed by atoms with Crippen molar-refractivity contribution < 1.29 is 45.4 Å². The van der Waals surface area contributed by atoms with Crippen molar-refractivity contribution in [2.24, 2.45) is 0 Å². The summed E-state index contributed by atoms with van der Waals surface area (Å²) in [4.78, 5) is 24.6. The highest BCUT2D eigenvalue weighted by Gasteiger charge is 2.80. The molecule has 2 aromatic carbocycles. The first-order chi connectivity index (χ1) is 19.5. The van der Waals surface area contributed by atoms with Crippen molar-refractivity contribution in [2.45, 2.75) is 51.8 Å². The van der Waals surface area contributed by atoms with Gasteiger partial charge in [0.2, 0.25) is 6.29 Å². The van der Waals surface area contributed by atoms with Crippen molar-refractivity contribution in [3.8, 4) is 0 Å². The highest BCUT2D eigenvalue weighted by atomic mass is 32.1. The molecule has 1 aliphatic carbocycles. The van der Waals surface area contributed by atoms with E-state index in [2.05, 4.69) is 6.58 Å². The van der Waals surface area contributed by atoms with Crippen molar-refractivity contribution in [3.63, 3.8) is 0 Å². The van der Waals surface area contributed by atoms with Crippen LogP contribution in [0, 0.1) is 13.8 Å². The van der Waals surface area contributed by atoms with Crippen LogP contribution in [0.2, 0.25) is 0 Å². The van der Waals surface area contributed by atoms with E-state index in [1.54, 1.807) is 12.1 Å². The molecular weight excluding hydrogens is 602 g/mol. The fourth-order valence-corrected chi connectivity index (χ4v) is 7.20. The number of esters is 2. The number of halogens is 6. The first kappa shape index (κ1) is 29.8. The molecule has 5 rings (SSSR count). The fourth-order valence-electron chi connectivity index (χ4n) is 5.02. The Morgan fingerprint density at radius 1 is 0.810 bits per heavy atom. The Labute approximate surface area is 243 Å². The van der Waals surface area contributed by atoms with Crippen LogP contribution in [-0.2, 0) is 14.3 Å². The number of benzene rings is 2. The van der Waals surface area contributed by atoms with Crippen LogP contribution in [0.5, 0.6) is 0 Å². The Morgan fingerprint density at radius 2 is 1.33 bits per heavy atom. The standard InChI is InChI=1S/C30H22F6O4S2/c1-13(2)26(37)39-16(5)40-27(38)17-10-11-19-21(12-17)42-15(4)23(19)25-24(28(31,32)30(35,36)29(25,33)34)22-14(3)41-20-9-7-6-8-18(20)22/h6-12,16H,1H2,2-5H3. The Kier molecular flexibility index (Phi) is 7.09. The first-order valence-electron chi connectivity index (χ1n) is 12.5. The zero-order valence-electron chi connectivity index (χ0n) is 22.5. The lowest BCUT2D eigenvalue weighted by atomic mass is 9.91. The molecule has 4 nitrogen and oxygen atoms in total. The minimum atomic E-state index is -5.71. The van der Waals surface area contributed by atoms with Gasteiger partial charge in [0.1, 0.15) is 0 Å². The maximum absolute atomic E-state index is 15.6. The molecule has 0 fully saturated rings. The van der Waals surface area contributed by atoms with E-state index in [-0.39, 0.29) is 41.9 Å². The Morgan fingerprint density at radius 3 is 1.90 bits per heavy atom. The lowest BCUT2D eigenvalue weighted by Crippen LogP contribution is -2.48. The molecule has 220 valence electrons. The molecule has 1 unspecified atom stereocenters. The highest BCUT2D eigenvalue weighted by Crippen LogP contribution is 2.67. The summed E-state index contributed by atoms with van der Waals surface area (Å²) in [5, 5.41) is 0.165. The lowest BCUT2D eigenvalue weighted by Gasteiger charge is -2.26. The van der Waals surface area contributed by atoms with Crippen LogP contribution >= 0.6 is 22.7 Å². The Hall–Kier alpha value is -3.64. The van der Waals surface area contributed by atoms with Gasteiger partial charge in [-0.3, -0.25) is 0 Å². The summed E-state index contributed by atoms with van der Waals surface area (Å²) in [6.07, 6.45) is -1.28. The number of thiophene rings is 2. The molecule has 0 saturated heterocycles. The third-order valence-electron chi connectivity index (χ3n) is 6.93. The van der Waals surface area contributed by atoms with E-state index < -0.39 is 52.7 Å². The second-order valence-electron chi connectivity index (χ2n) is 9.91. The smallest absolute Gasteiger partial charge is 0.380 e. The van der Waals surface area contributed by atoms with Crippen molar-refractivity contribution in [2.75, 3.05) is 0 Å². The summed E-state index contributed by atoms with van der Waals surface area (Å²) in [6.45, 7) is 8.93. The van der Waals surface area contributed by atoms with Crippen molar-refractivity contribution in [3.05, 3.63) is 81.1 Å². The van der Waals surface area contributed by atoms with Gasteiger partial charge in [-0.2, -0.15) is 26.3 Å². The fraction of sp³-hybridized carbons (Fsp3) is 0.267. The van der Waals surface area contributed by atoms with Crippen LogP contribution in [0.1, 0.15) is 45.1 Å². The average Bonchev–Trinajstić information content (AvgIpc) is 3.43. The number of ether oxygens (including phenoxy) is 2. The zero-order chi connectivity index (χ0) is 30.9. The molecule has 2 aromatic heterocycles. The lowest BCUT2D eigenvalue weighted by molar-refractivity contribution is -0.254. The molecular formula is C30H22F6O4S2. The third kappa shape index (κ3) is 4.34. The van der Waals surface area contributed by atoms with Gasteiger partial charge in [-0.25, -0.2) is 9.59 Å². The van der Waals surface area contributed by atoms with Crippen molar-refractivity contribution in [1.29, 1.82) is 0 Å². The average molecular weight is 625 g/mol. The molecule has 1 aliphatic rings. The quantitative estimate of drug-likeness (QED) is 0.0929. The molecule has 1 atom stereocenters. The van der Waals surface area contributed by atoms with E-state index in [4.69, 9.17) is 9.47 Å². The number of rotatable bonds is 6. The summed E-state index contributed by atoms with van der Waals surface area (Å²) in [5.74, 6) is -17.8. The van der Waals surface area contributed by atoms with Gasteiger partial charge in [-0.15, -0.1) is 22.7 Å². The monoisotopic (exact) mass is 624 g/mol. The van der Waals surface area contributed by atoms with Gasteiger partial charge in [0.25, 0.3) is 0 Å². The number of hydrogen-bond donors (Lipinski definition) is 0. The van der Waals surface area contributed by atoms with Crippen LogP contribution in [0.4, 0.5) is 26.3 Å². The van der Waals surface area contributed by atoms with Gasteiger partial charge in [0, 0.05) is 64.7 Å². The number of hydrogen-bond acceptors (Lipinski definition) is 6. The summed E-state index contributed by atoms with van der Waals surface area (Å²) >= 11 is 1.93. The van der Waals surface area contributed by atoms with Crippen molar-refractivity contribution in [1.82, 2.24) is 0 Å². The Bertz CT molecular complexity index is 1830. The minimum Gasteiger partial charge on any atom is -0.422 e. The van der Waals surface area contributed by atoms with Gasteiger partial charge in [0.15, 0.2) is 0 Å². The van der Waals surface area contributed by atoms with Gasteiger partial charge in [-0.1, -0.05) is 30.8 Å². The number of carbonyl (C=O) groups excluding carboxylic acids is 2. The molecule has 0 radical (unpaired) electrons. The molecule has 0 N–H and O–H groups in total. The van der Waals surface area contributed by atoms with E-state index in [9.17, 15) is 9.59 Å². The summed E-state index contributed by atoms with van der Waals surface area (Å²) in [7, 11) is 0. The second-order valence-corrected chi connectivity index (χ2v) is 12.4.